The Morgan fingerprint density at radius 1 is 1.30 bits per heavy atom. The van der Waals surface area contributed by atoms with E-state index >= 15 is 0 Å². The third kappa shape index (κ3) is 4.03. The van der Waals surface area contributed by atoms with Crippen LogP contribution in [0.2, 0.25) is 0 Å². The number of benzene rings is 1. The second kappa shape index (κ2) is 6.87. The lowest BCUT2D eigenvalue weighted by atomic mass is 10.2. The van der Waals surface area contributed by atoms with Crippen molar-refractivity contribution in [1.82, 2.24) is 19.9 Å². The Balaban J connectivity index is 1.47. The van der Waals surface area contributed by atoms with E-state index in [4.69, 9.17) is 4.52 Å². The quantitative estimate of drug-likeness (QED) is 0.755. The molecule has 7 heteroatoms. The highest BCUT2D eigenvalue weighted by Gasteiger charge is 2.09. The molecule has 118 valence electrons. The summed E-state index contributed by atoms with van der Waals surface area (Å²) in [7, 11) is 1.80. The van der Waals surface area contributed by atoms with E-state index in [1.54, 1.807) is 24.1 Å². The molecular formula is C16H17N5O2. The van der Waals surface area contributed by atoms with Crippen molar-refractivity contribution >= 4 is 11.6 Å². The van der Waals surface area contributed by atoms with Crippen LogP contribution in [0.1, 0.15) is 18.7 Å². The van der Waals surface area contributed by atoms with Crippen molar-refractivity contribution in [2.75, 3.05) is 5.32 Å². The number of aromatic nitrogens is 4. The van der Waals surface area contributed by atoms with E-state index in [0.29, 0.717) is 36.7 Å². The Hall–Kier alpha value is -2.96. The van der Waals surface area contributed by atoms with Gasteiger partial charge in [0.2, 0.25) is 17.6 Å². The van der Waals surface area contributed by atoms with Crippen molar-refractivity contribution in [2.24, 2.45) is 7.05 Å². The number of rotatable bonds is 6. The highest BCUT2D eigenvalue weighted by Crippen LogP contribution is 2.15. The highest BCUT2D eigenvalue weighted by atomic mass is 16.5. The largest absolute Gasteiger partial charge is 0.339 e. The van der Waals surface area contributed by atoms with Gasteiger partial charge in [0, 0.05) is 31.6 Å². The molecule has 0 aliphatic heterocycles. The van der Waals surface area contributed by atoms with Gasteiger partial charge in [-0.05, 0) is 6.42 Å². The van der Waals surface area contributed by atoms with Crippen LogP contribution in [0.3, 0.4) is 0 Å². The van der Waals surface area contributed by atoms with Gasteiger partial charge in [0.05, 0.1) is 11.9 Å². The smallest absolute Gasteiger partial charge is 0.226 e. The molecule has 0 fully saturated rings. The maximum Gasteiger partial charge on any atom is 0.226 e. The van der Waals surface area contributed by atoms with Gasteiger partial charge in [-0.25, -0.2) is 0 Å². The first-order chi connectivity index (χ1) is 11.2. The van der Waals surface area contributed by atoms with Crippen molar-refractivity contribution in [2.45, 2.75) is 19.3 Å². The fraction of sp³-hybridized carbons (Fsp3) is 0.250. The van der Waals surface area contributed by atoms with E-state index < -0.39 is 0 Å². The van der Waals surface area contributed by atoms with Crippen LogP contribution in [0.5, 0.6) is 0 Å². The zero-order valence-electron chi connectivity index (χ0n) is 12.8. The van der Waals surface area contributed by atoms with Crippen LogP contribution in [-0.2, 0) is 18.3 Å². The predicted molar refractivity (Wildman–Crippen MR) is 84.5 cm³/mol. The van der Waals surface area contributed by atoms with Crippen molar-refractivity contribution in [3.8, 4) is 11.4 Å². The summed E-state index contributed by atoms with van der Waals surface area (Å²) in [5.74, 6) is 1.05. The lowest BCUT2D eigenvalue weighted by Crippen LogP contribution is -2.11. The first-order valence-corrected chi connectivity index (χ1v) is 7.37. The molecule has 3 rings (SSSR count). The van der Waals surface area contributed by atoms with Crippen molar-refractivity contribution in [3.05, 3.63) is 48.6 Å². The van der Waals surface area contributed by atoms with Gasteiger partial charge in [0.15, 0.2) is 0 Å². The number of nitrogens with zero attached hydrogens (tertiary/aromatic N) is 4. The maximum absolute atomic E-state index is 11.8. The minimum absolute atomic E-state index is 0.0548. The van der Waals surface area contributed by atoms with Crippen LogP contribution in [0.15, 0.2) is 47.2 Å². The molecule has 0 aliphatic rings. The third-order valence-electron chi connectivity index (χ3n) is 3.28. The Labute approximate surface area is 133 Å². The Morgan fingerprint density at radius 2 is 2.13 bits per heavy atom. The van der Waals surface area contributed by atoms with Gasteiger partial charge >= 0.3 is 0 Å². The molecule has 2 heterocycles. The lowest BCUT2D eigenvalue weighted by Gasteiger charge is -2.00. The van der Waals surface area contributed by atoms with Gasteiger partial charge < -0.3 is 9.84 Å². The van der Waals surface area contributed by atoms with E-state index in [0.717, 1.165) is 5.56 Å². The minimum atomic E-state index is -0.0548. The highest BCUT2D eigenvalue weighted by molar-refractivity contribution is 5.90. The molecule has 0 spiro atoms. The van der Waals surface area contributed by atoms with E-state index in [-0.39, 0.29) is 5.91 Å². The molecule has 0 saturated heterocycles. The van der Waals surface area contributed by atoms with Gasteiger partial charge in [-0.15, -0.1) is 0 Å². The fourth-order valence-electron chi connectivity index (χ4n) is 2.17. The number of anilines is 1. The lowest BCUT2D eigenvalue weighted by molar-refractivity contribution is -0.116. The van der Waals surface area contributed by atoms with Gasteiger partial charge in [0.25, 0.3) is 0 Å². The second-order valence-electron chi connectivity index (χ2n) is 5.18. The number of hydrogen-bond acceptors (Lipinski definition) is 5. The molecule has 0 unspecified atom stereocenters. The predicted octanol–water partition coefficient (Wildman–Crippen LogP) is 2.43. The van der Waals surface area contributed by atoms with Gasteiger partial charge in [0.1, 0.15) is 0 Å². The van der Waals surface area contributed by atoms with Crippen molar-refractivity contribution in [1.29, 1.82) is 0 Å². The van der Waals surface area contributed by atoms with Crippen molar-refractivity contribution < 1.29 is 9.32 Å². The first kappa shape index (κ1) is 15.0. The SMILES string of the molecule is Cn1cc(NC(=O)CCCc2nc(-c3ccccc3)no2)cn1. The molecule has 2 aromatic heterocycles. The monoisotopic (exact) mass is 311 g/mol. The zero-order valence-corrected chi connectivity index (χ0v) is 12.8. The molecule has 0 radical (unpaired) electrons. The standard InChI is InChI=1S/C16H17N5O2/c1-21-11-13(10-17-21)18-14(22)8-5-9-15-19-16(20-23-15)12-6-3-2-4-7-12/h2-4,6-7,10-11H,5,8-9H2,1H3,(H,18,22). The molecule has 1 aromatic carbocycles. The number of carbonyl (C=O) groups excluding carboxylic acids is 1. The molecule has 0 atom stereocenters. The average molecular weight is 311 g/mol. The molecule has 0 aliphatic carbocycles. The zero-order chi connectivity index (χ0) is 16.1. The van der Waals surface area contributed by atoms with E-state index in [1.165, 1.54) is 0 Å². The van der Waals surface area contributed by atoms with Crippen LogP contribution in [0.4, 0.5) is 5.69 Å². The Morgan fingerprint density at radius 3 is 2.87 bits per heavy atom. The summed E-state index contributed by atoms with van der Waals surface area (Å²) in [5.41, 5.74) is 1.61. The van der Waals surface area contributed by atoms with E-state index in [9.17, 15) is 4.79 Å². The third-order valence-corrected chi connectivity index (χ3v) is 3.28. The molecule has 3 aromatic rings. The number of aryl methyl sites for hydroxylation is 2. The van der Waals surface area contributed by atoms with Crippen LogP contribution in [0.25, 0.3) is 11.4 Å². The summed E-state index contributed by atoms with van der Waals surface area (Å²) >= 11 is 0. The first-order valence-electron chi connectivity index (χ1n) is 7.37. The molecule has 0 saturated carbocycles. The van der Waals surface area contributed by atoms with E-state index in [2.05, 4.69) is 20.6 Å². The van der Waals surface area contributed by atoms with E-state index in [1.807, 2.05) is 30.3 Å². The second-order valence-corrected chi connectivity index (χ2v) is 5.18. The summed E-state index contributed by atoms with van der Waals surface area (Å²) in [6.07, 6.45) is 4.96. The van der Waals surface area contributed by atoms with Crippen LogP contribution in [-0.4, -0.2) is 25.8 Å². The van der Waals surface area contributed by atoms with Crippen molar-refractivity contribution in [3.63, 3.8) is 0 Å². The normalized spacial score (nSPS) is 10.7. The number of hydrogen-bond donors (Lipinski definition) is 1. The molecule has 23 heavy (non-hydrogen) atoms. The molecule has 1 N–H and O–H groups in total. The Bertz CT molecular complexity index is 779. The topological polar surface area (TPSA) is 85.8 Å². The van der Waals surface area contributed by atoms with Crippen LogP contribution < -0.4 is 5.32 Å². The number of carbonyl (C=O) groups is 1. The fourth-order valence-corrected chi connectivity index (χ4v) is 2.17. The van der Waals surface area contributed by atoms with Gasteiger partial charge in [-0.1, -0.05) is 35.5 Å². The molecule has 0 bridgehead atoms. The van der Waals surface area contributed by atoms with Gasteiger partial charge in [-0.2, -0.15) is 10.1 Å². The number of amides is 1. The summed E-state index contributed by atoms with van der Waals surface area (Å²) in [4.78, 5) is 16.2. The molecular weight excluding hydrogens is 294 g/mol. The van der Waals surface area contributed by atoms with Crippen LogP contribution in [0, 0.1) is 0 Å². The summed E-state index contributed by atoms with van der Waals surface area (Å²) < 4.78 is 6.85. The maximum atomic E-state index is 11.8. The van der Waals surface area contributed by atoms with Gasteiger partial charge in [-0.3, -0.25) is 9.48 Å². The number of nitrogens with one attached hydrogen (secondary N) is 1. The minimum Gasteiger partial charge on any atom is -0.339 e. The molecule has 1 amide bonds. The average Bonchev–Trinajstić information content (AvgIpc) is 3.17. The summed E-state index contributed by atoms with van der Waals surface area (Å²) in [6, 6.07) is 9.64. The Kier molecular flexibility index (Phi) is 4.46. The summed E-state index contributed by atoms with van der Waals surface area (Å²) in [5, 5.41) is 10.7. The summed E-state index contributed by atoms with van der Waals surface area (Å²) in [6.45, 7) is 0. The van der Waals surface area contributed by atoms with Crippen LogP contribution >= 0.6 is 0 Å². The molecule has 7 nitrogen and oxygen atoms in total.